The molecule has 0 fully saturated rings. The van der Waals surface area contributed by atoms with Gasteiger partial charge in [-0.15, -0.1) is 0 Å². The lowest BCUT2D eigenvalue weighted by Crippen LogP contribution is -2.21. The molecule has 0 spiro atoms. The van der Waals surface area contributed by atoms with Crippen LogP contribution >= 0.6 is 23.2 Å². The van der Waals surface area contributed by atoms with Crippen molar-refractivity contribution in [3.8, 4) is 11.5 Å². The number of nitrogens with two attached hydrogens (primary N) is 1. The van der Waals surface area contributed by atoms with Crippen LogP contribution in [-0.2, 0) is 6.42 Å². The molecule has 1 unspecified atom stereocenters. The van der Waals surface area contributed by atoms with Crippen LogP contribution in [0.15, 0.2) is 24.7 Å². The van der Waals surface area contributed by atoms with Gasteiger partial charge in [-0.25, -0.2) is 15.0 Å². The maximum absolute atomic E-state index is 6.06. The van der Waals surface area contributed by atoms with E-state index in [2.05, 4.69) is 21.9 Å². The number of nitrogens with zero attached hydrogens (tertiary/aromatic N) is 3. The second-order valence-electron chi connectivity index (χ2n) is 4.27. The van der Waals surface area contributed by atoms with E-state index in [0.29, 0.717) is 21.6 Å². The summed E-state index contributed by atoms with van der Waals surface area (Å²) in [5.74, 6) is 0.482. The molecule has 0 saturated heterocycles. The van der Waals surface area contributed by atoms with Crippen LogP contribution in [-0.4, -0.2) is 21.0 Å². The van der Waals surface area contributed by atoms with Crippen molar-refractivity contribution in [1.82, 2.24) is 15.0 Å². The Kier molecular flexibility index (Phi) is 4.69. The Morgan fingerprint density at radius 1 is 1.16 bits per heavy atom. The monoisotopic (exact) mass is 296 g/mol. The predicted octanol–water partition coefficient (Wildman–Crippen LogP) is 3.13. The molecule has 0 aliphatic carbocycles. The van der Waals surface area contributed by atoms with Crippen molar-refractivity contribution >= 4 is 23.2 Å². The summed E-state index contributed by atoms with van der Waals surface area (Å²) in [4.78, 5) is 12.7. The first kappa shape index (κ1) is 14.2. The number of pyridine rings is 1. The normalized spacial score (nSPS) is 12.4. The van der Waals surface area contributed by atoms with E-state index >= 15 is 0 Å². The zero-order valence-corrected chi connectivity index (χ0v) is 12.0. The van der Waals surface area contributed by atoms with Gasteiger partial charge in [0.1, 0.15) is 5.69 Å². The fourth-order valence-corrected chi connectivity index (χ4v) is 2.07. The lowest BCUT2D eigenvalue weighted by Gasteiger charge is -2.08. The van der Waals surface area contributed by atoms with E-state index in [1.807, 2.05) is 0 Å². The van der Waals surface area contributed by atoms with E-state index in [0.717, 1.165) is 18.4 Å². The number of halogens is 2. The predicted molar refractivity (Wildman–Crippen MR) is 77.3 cm³/mol. The van der Waals surface area contributed by atoms with Crippen molar-refractivity contribution in [3.63, 3.8) is 0 Å². The van der Waals surface area contributed by atoms with Gasteiger partial charge in [-0.05, 0) is 24.5 Å². The Morgan fingerprint density at radius 2 is 1.84 bits per heavy atom. The first-order valence-electron chi connectivity index (χ1n) is 5.98. The van der Waals surface area contributed by atoms with E-state index < -0.39 is 0 Å². The Labute approximate surface area is 122 Å². The third-order valence-electron chi connectivity index (χ3n) is 2.75. The van der Waals surface area contributed by atoms with Crippen molar-refractivity contribution in [1.29, 1.82) is 0 Å². The van der Waals surface area contributed by atoms with Crippen LogP contribution in [0.2, 0.25) is 10.0 Å². The van der Waals surface area contributed by atoms with Crippen LogP contribution in [0.1, 0.15) is 18.9 Å². The van der Waals surface area contributed by atoms with Gasteiger partial charge in [0, 0.05) is 24.6 Å². The van der Waals surface area contributed by atoms with Gasteiger partial charge in [-0.2, -0.15) is 0 Å². The molecule has 19 heavy (non-hydrogen) atoms. The number of aromatic nitrogens is 3. The molecule has 0 aliphatic rings. The minimum absolute atomic E-state index is 0.131. The van der Waals surface area contributed by atoms with E-state index in [1.54, 1.807) is 18.5 Å². The first-order valence-corrected chi connectivity index (χ1v) is 6.73. The smallest absolute Gasteiger partial charge is 0.179 e. The van der Waals surface area contributed by atoms with Crippen molar-refractivity contribution in [2.45, 2.75) is 25.8 Å². The van der Waals surface area contributed by atoms with E-state index in [1.165, 1.54) is 6.20 Å². The Bertz CT molecular complexity index is 557. The summed E-state index contributed by atoms with van der Waals surface area (Å²) >= 11 is 11.9. The average molecular weight is 297 g/mol. The quantitative estimate of drug-likeness (QED) is 0.941. The van der Waals surface area contributed by atoms with Crippen molar-refractivity contribution in [2.75, 3.05) is 0 Å². The molecule has 2 rings (SSSR count). The molecule has 0 bridgehead atoms. The summed E-state index contributed by atoms with van der Waals surface area (Å²) in [6.07, 6.45) is 6.72. The van der Waals surface area contributed by atoms with E-state index in [-0.39, 0.29) is 6.04 Å². The fourth-order valence-electron chi connectivity index (χ4n) is 1.61. The van der Waals surface area contributed by atoms with Gasteiger partial charge in [-0.1, -0.05) is 30.1 Å². The maximum Gasteiger partial charge on any atom is 0.179 e. The second kappa shape index (κ2) is 6.28. The van der Waals surface area contributed by atoms with Crippen molar-refractivity contribution in [3.05, 3.63) is 40.3 Å². The van der Waals surface area contributed by atoms with Gasteiger partial charge >= 0.3 is 0 Å². The van der Waals surface area contributed by atoms with Crippen molar-refractivity contribution < 1.29 is 0 Å². The molecule has 4 nitrogen and oxygen atoms in total. The minimum Gasteiger partial charge on any atom is -0.327 e. The van der Waals surface area contributed by atoms with Crippen LogP contribution < -0.4 is 5.73 Å². The third-order valence-corrected chi connectivity index (χ3v) is 3.24. The molecule has 2 N–H and O–H groups in total. The molecule has 2 heterocycles. The highest BCUT2D eigenvalue weighted by Crippen LogP contribution is 2.25. The highest BCUT2D eigenvalue weighted by atomic mass is 35.5. The minimum atomic E-state index is 0.131. The summed E-state index contributed by atoms with van der Waals surface area (Å²) in [5, 5.41) is 0.921. The van der Waals surface area contributed by atoms with Gasteiger partial charge < -0.3 is 5.73 Å². The third kappa shape index (κ3) is 3.62. The van der Waals surface area contributed by atoms with Gasteiger partial charge in [0.05, 0.1) is 10.0 Å². The number of hydrogen-bond donors (Lipinski definition) is 1. The first-order chi connectivity index (χ1) is 9.10. The van der Waals surface area contributed by atoms with Gasteiger partial charge in [0.15, 0.2) is 5.82 Å². The molecule has 6 heteroatoms. The van der Waals surface area contributed by atoms with E-state index in [4.69, 9.17) is 28.9 Å². The molecular formula is C13H14Cl2N4. The highest BCUT2D eigenvalue weighted by molar-refractivity contribution is 6.35. The SMILES string of the molecule is CCC(N)Cc1cnc(-c2ncc(Cl)cc2Cl)nc1. The van der Waals surface area contributed by atoms with Gasteiger partial charge in [-0.3, -0.25) is 0 Å². The molecule has 2 aromatic rings. The Hall–Kier alpha value is -1.23. The Morgan fingerprint density at radius 3 is 2.42 bits per heavy atom. The van der Waals surface area contributed by atoms with Crippen LogP contribution in [0.25, 0.3) is 11.5 Å². The number of rotatable bonds is 4. The summed E-state index contributed by atoms with van der Waals surface area (Å²) in [6, 6.07) is 1.75. The fraction of sp³-hybridized carbons (Fsp3) is 0.308. The lowest BCUT2D eigenvalue weighted by molar-refractivity contribution is 0.643. The van der Waals surface area contributed by atoms with Gasteiger partial charge in [0.2, 0.25) is 0 Å². The molecule has 0 aliphatic heterocycles. The molecular weight excluding hydrogens is 283 g/mol. The molecule has 0 amide bonds. The standard InChI is InChI=1S/C13H14Cl2N4/c1-2-10(16)3-8-5-18-13(19-6-8)12-11(15)4-9(14)7-17-12/h4-7,10H,2-3,16H2,1H3. The maximum atomic E-state index is 6.06. The number of hydrogen-bond acceptors (Lipinski definition) is 4. The highest BCUT2D eigenvalue weighted by Gasteiger charge is 2.09. The van der Waals surface area contributed by atoms with Crippen LogP contribution in [0.5, 0.6) is 0 Å². The van der Waals surface area contributed by atoms with Crippen LogP contribution in [0.4, 0.5) is 0 Å². The topological polar surface area (TPSA) is 64.7 Å². The largest absolute Gasteiger partial charge is 0.327 e. The van der Waals surface area contributed by atoms with Crippen molar-refractivity contribution in [2.24, 2.45) is 5.73 Å². The summed E-state index contributed by atoms with van der Waals surface area (Å²) in [7, 11) is 0. The van der Waals surface area contributed by atoms with Crippen LogP contribution in [0, 0.1) is 0 Å². The second-order valence-corrected chi connectivity index (χ2v) is 5.11. The van der Waals surface area contributed by atoms with Crippen LogP contribution in [0.3, 0.4) is 0 Å². The zero-order chi connectivity index (χ0) is 13.8. The summed E-state index contributed by atoms with van der Waals surface area (Å²) < 4.78 is 0. The summed E-state index contributed by atoms with van der Waals surface area (Å²) in [6.45, 7) is 2.05. The van der Waals surface area contributed by atoms with Gasteiger partial charge in [0.25, 0.3) is 0 Å². The molecule has 1 atom stereocenters. The average Bonchev–Trinajstić information content (AvgIpc) is 2.40. The van der Waals surface area contributed by atoms with E-state index in [9.17, 15) is 0 Å². The zero-order valence-electron chi connectivity index (χ0n) is 10.5. The molecule has 0 radical (unpaired) electrons. The Balaban J connectivity index is 2.22. The molecule has 0 saturated carbocycles. The molecule has 100 valence electrons. The summed E-state index contributed by atoms with van der Waals surface area (Å²) in [5.41, 5.74) is 7.42. The lowest BCUT2D eigenvalue weighted by atomic mass is 10.1. The molecule has 2 aromatic heterocycles. The molecule has 0 aromatic carbocycles.